The van der Waals surface area contributed by atoms with Crippen LogP contribution in [0.2, 0.25) is 0 Å². The van der Waals surface area contributed by atoms with E-state index < -0.39 is 0 Å². The molecule has 1 saturated heterocycles. The van der Waals surface area contributed by atoms with Crippen molar-refractivity contribution in [3.63, 3.8) is 0 Å². The number of amides is 1. The number of aromatic nitrogens is 1. The maximum atomic E-state index is 12.7. The van der Waals surface area contributed by atoms with Gasteiger partial charge < -0.3 is 19.1 Å². The van der Waals surface area contributed by atoms with Gasteiger partial charge in [-0.25, -0.2) is 0 Å². The molecule has 0 spiro atoms. The second kappa shape index (κ2) is 7.53. The number of ether oxygens (including phenoxy) is 1. The molecule has 1 amide bonds. The minimum atomic E-state index is -0.0877. The van der Waals surface area contributed by atoms with Crippen molar-refractivity contribution >= 4 is 11.6 Å². The molecule has 0 unspecified atom stereocenters. The van der Waals surface area contributed by atoms with Crippen LogP contribution in [0.5, 0.6) is 5.75 Å². The zero-order valence-corrected chi connectivity index (χ0v) is 15.2. The lowest BCUT2D eigenvalue weighted by atomic mass is 10.1. The van der Waals surface area contributed by atoms with Gasteiger partial charge in [0, 0.05) is 43.5 Å². The summed E-state index contributed by atoms with van der Waals surface area (Å²) in [4.78, 5) is 16.8. The first kappa shape index (κ1) is 17.1. The molecule has 6 heteroatoms. The van der Waals surface area contributed by atoms with E-state index in [1.54, 1.807) is 13.2 Å². The Morgan fingerprint density at radius 2 is 1.70 bits per heavy atom. The van der Waals surface area contributed by atoms with Gasteiger partial charge in [-0.15, -0.1) is 0 Å². The highest BCUT2D eigenvalue weighted by Crippen LogP contribution is 2.23. The summed E-state index contributed by atoms with van der Waals surface area (Å²) in [5.41, 5.74) is 2.40. The van der Waals surface area contributed by atoms with Crippen LogP contribution in [0.4, 0.5) is 5.69 Å². The normalized spacial score (nSPS) is 14.3. The van der Waals surface area contributed by atoms with Crippen LogP contribution >= 0.6 is 0 Å². The zero-order chi connectivity index (χ0) is 18.6. The van der Waals surface area contributed by atoms with Gasteiger partial charge in [-0.3, -0.25) is 4.79 Å². The smallest absolute Gasteiger partial charge is 0.276 e. The number of rotatable bonds is 4. The van der Waals surface area contributed by atoms with Crippen molar-refractivity contribution in [3.05, 3.63) is 66.4 Å². The van der Waals surface area contributed by atoms with Crippen LogP contribution < -0.4 is 9.64 Å². The van der Waals surface area contributed by atoms with Gasteiger partial charge in [-0.1, -0.05) is 35.5 Å². The van der Waals surface area contributed by atoms with Crippen molar-refractivity contribution in [2.75, 3.05) is 38.2 Å². The third-order valence-electron chi connectivity index (χ3n) is 4.79. The maximum absolute atomic E-state index is 12.7. The lowest BCUT2D eigenvalue weighted by Gasteiger charge is -2.35. The molecule has 2 heterocycles. The quantitative estimate of drug-likeness (QED) is 0.712. The van der Waals surface area contributed by atoms with Crippen molar-refractivity contribution in [1.82, 2.24) is 10.1 Å². The predicted octanol–water partition coefficient (Wildman–Crippen LogP) is 3.31. The number of carbonyl (C=O) groups is 1. The SMILES string of the molecule is COc1ccc(N2CCN(C(=O)c3cc(-c4ccccc4)on3)CC2)cc1. The molecule has 1 aliphatic rings. The van der Waals surface area contributed by atoms with Crippen molar-refractivity contribution in [2.45, 2.75) is 0 Å². The van der Waals surface area contributed by atoms with Crippen molar-refractivity contribution in [2.24, 2.45) is 0 Å². The molecule has 138 valence electrons. The van der Waals surface area contributed by atoms with Crippen LogP contribution in [-0.2, 0) is 0 Å². The Bertz CT molecular complexity index is 898. The summed E-state index contributed by atoms with van der Waals surface area (Å²) < 4.78 is 10.6. The number of nitrogens with zero attached hydrogens (tertiary/aromatic N) is 3. The van der Waals surface area contributed by atoms with Crippen LogP contribution in [0.25, 0.3) is 11.3 Å². The number of hydrogen-bond donors (Lipinski definition) is 0. The van der Waals surface area contributed by atoms with Gasteiger partial charge in [0.25, 0.3) is 5.91 Å². The number of piperazine rings is 1. The Morgan fingerprint density at radius 3 is 2.37 bits per heavy atom. The molecule has 0 atom stereocenters. The molecule has 0 radical (unpaired) electrons. The number of methoxy groups -OCH3 is 1. The van der Waals surface area contributed by atoms with Gasteiger partial charge in [0.1, 0.15) is 5.75 Å². The number of carbonyl (C=O) groups excluding carboxylic acids is 1. The van der Waals surface area contributed by atoms with E-state index in [2.05, 4.69) is 10.1 Å². The molecule has 0 bridgehead atoms. The molecule has 27 heavy (non-hydrogen) atoms. The van der Waals surface area contributed by atoms with E-state index >= 15 is 0 Å². The van der Waals surface area contributed by atoms with Crippen molar-refractivity contribution in [1.29, 1.82) is 0 Å². The molecule has 0 N–H and O–H groups in total. The Kier molecular flexibility index (Phi) is 4.78. The van der Waals surface area contributed by atoms with Crippen LogP contribution in [-0.4, -0.2) is 49.3 Å². The highest BCUT2D eigenvalue weighted by molar-refractivity contribution is 5.93. The third kappa shape index (κ3) is 3.65. The minimum Gasteiger partial charge on any atom is -0.497 e. The second-order valence-corrected chi connectivity index (χ2v) is 6.42. The van der Waals surface area contributed by atoms with Gasteiger partial charge in [-0.2, -0.15) is 0 Å². The fraction of sp³-hybridized carbons (Fsp3) is 0.238. The lowest BCUT2D eigenvalue weighted by Crippen LogP contribution is -2.48. The molecule has 0 saturated carbocycles. The van der Waals surface area contributed by atoms with E-state index in [9.17, 15) is 4.79 Å². The molecular weight excluding hydrogens is 342 g/mol. The average Bonchev–Trinajstić information content (AvgIpc) is 3.24. The molecular formula is C21H21N3O3. The van der Waals surface area contributed by atoms with Crippen LogP contribution in [0.15, 0.2) is 65.2 Å². The average molecular weight is 363 g/mol. The second-order valence-electron chi connectivity index (χ2n) is 6.42. The summed E-state index contributed by atoms with van der Waals surface area (Å²) in [6, 6.07) is 19.4. The first-order chi connectivity index (χ1) is 13.2. The van der Waals surface area contributed by atoms with Gasteiger partial charge >= 0.3 is 0 Å². The molecule has 1 aliphatic heterocycles. The lowest BCUT2D eigenvalue weighted by molar-refractivity contribution is 0.0736. The van der Waals surface area contributed by atoms with Crippen LogP contribution in [0, 0.1) is 0 Å². The zero-order valence-electron chi connectivity index (χ0n) is 15.2. The number of anilines is 1. The summed E-state index contributed by atoms with van der Waals surface area (Å²) in [6.07, 6.45) is 0. The molecule has 1 aromatic heterocycles. The topological polar surface area (TPSA) is 58.8 Å². The summed E-state index contributed by atoms with van der Waals surface area (Å²) in [6.45, 7) is 2.86. The van der Waals surface area contributed by atoms with Crippen LogP contribution in [0.3, 0.4) is 0 Å². The van der Waals surface area contributed by atoms with E-state index in [-0.39, 0.29) is 5.91 Å². The Morgan fingerprint density at radius 1 is 1.00 bits per heavy atom. The predicted molar refractivity (Wildman–Crippen MR) is 103 cm³/mol. The highest BCUT2D eigenvalue weighted by Gasteiger charge is 2.25. The summed E-state index contributed by atoms with van der Waals surface area (Å²) in [5, 5.41) is 3.97. The van der Waals surface area contributed by atoms with Crippen LogP contribution in [0.1, 0.15) is 10.5 Å². The fourth-order valence-electron chi connectivity index (χ4n) is 3.24. The third-order valence-corrected chi connectivity index (χ3v) is 4.79. The maximum Gasteiger partial charge on any atom is 0.276 e. The van der Waals surface area contributed by atoms with E-state index in [0.717, 1.165) is 30.1 Å². The standard InChI is InChI=1S/C21H21N3O3/c1-26-18-9-7-17(8-10-18)23-11-13-24(14-12-23)21(25)19-15-20(27-22-19)16-5-3-2-4-6-16/h2-10,15H,11-14H2,1H3. The molecule has 3 aromatic rings. The summed E-state index contributed by atoms with van der Waals surface area (Å²) in [5.74, 6) is 1.36. The van der Waals surface area contributed by atoms with Crippen molar-refractivity contribution < 1.29 is 14.1 Å². The molecule has 0 aliphatic carbocycles. The van der Waals surface area contributed by atoms with Gasteiger partial charge in [0.15, 0.2) is 11.5 Å². The van der Waals surface area contributed by atoms with E-state index in [1.807, 2.05) is 59.5 Å². The first-order valence-electron chi connectivity index (χ1n) is 8.95. The first-order valence-corrected chi connectivity index (χ1v) is 8.95. The van der Waals surface area contributed by atoms with E-state index in [0.29, 0.717) is 24.5 Å². The molecule has 1 fully saturated rings. The van der Waals surface area contributed by atoms with Gasteiger partial charge in [0.2, 0.25) is 0 Å². The number of hydrogen-bond acceptors (Lipinski definition) is 5. The summed E-state index contributed by atoms with van der Waals surface area (Å²) >= 11 is 0. The highest BCUT2D eigenvalue weighted by atomic mass is 16.5. The Balaban J connectivity index is 1.39. The monoisotopic (exact) mass is 363 g/mol. The Hall–Kier alpha value is -3.28. The van der Waals surface area contributed by atoms with E-state index in [4.69, 9.17) is 9.26 Å². The summed E-state index contributed by atoms with van der Waals surface area (Å²) in [7, 11) is 1.66. The van der Waals surface area contributed by atoms with Crippen molar-refractivity contribution in [3.8, 4) is 17.1 Å². The molecule has 4 rings (SSSR count). The number of benzene rings is 2. The molecule has 2 aromatic carbocycles. The largest absolute Gasteiger partial charge is 0.497 e. The van der Waals surface area contributed by atoms with E-state index in [1.165, 1.54) is 0 Å². The van der Waals surface area contributed by atoms with Gasteiger partial charge in [0.05, 0.1) is 7.11 Å². The van der Waals surface area contributed by atoms with Gasteiger partial charge in [-0.05, 0) is 24.3 Å². The molecule has 6 nitrogen and oxygen atoms in total. The minimum absolute atomic E-state index is 0.0877. The Labute approximate surface area is 157 Å². The fourth-order valence-corrected chi connectivity index (χ4v) is 3.24.